The van der Waals surface area contributed by atoms with E-state index in [1.54, 1.807) is 4.57 Å². The van der Waals surface area contributed by atoms with Gasteiger partial charge >= 0.3 is 0 Å². The van der Waals surface area contributed by atoms with Crippen molar-refractivity contribution in [2.45, 2.75) is 78.6 Å². The molecule has 96 heavy (non-hydrogen) atoms. The molecule has 0 amide bonds. The maximum atomic E-state index is 9.72. The highest BCUT2D eigenvalue weighted by Gasteiger charge is 2.45. The molecular weight excluding hydrogens is 1160 g/mol. The number of para-hydroxylation sites is 4. The predicted molar refractivity (Wildman–Crippen MR) is 409 cm³/mol. The summed E-state index contributed by atoms with van der Waals surface area (Å²) in [6.45, 7) is 19.3. The smallest absolute Gasteiger partial charge is 0.252 e. The van der Waals surface area contributed by atoms with Gasteiger partial charge in [0, 0.05) is 66.4 Å². The van der Waals surface area contributed by atoms with Gasteiger partial charge in [0.15, 0.2) is 11.2 Å². The lowest BCUT2D eigenvalue weighted by molar-refractivity contribution is 0.590. The van der Waals surface area contributed by atoms with Crippen LogP contribution in [0.1, 0.15) is 96.8 Å². The van der Waals surface area contributed by atoms with Gasteiger partial charge in [-0.15, -0.1) is 0 Å². The predicted octanol–water partition coefficient (Wildman–Crippen LogP) is 22.8. The summed E-state index contributed by atoms with van der Waals surface area (Å²) in [6, 6.07) is 63.2. The van der Waals surface area contributed by atoms with Crippen LogP contribution in [0.15, 0.2) is 283 Å². The van der Waals surface area contributed by atoms with Crippen molar-refractivity contribution in [2.75, 3.05) is 9.80 Å². The van der Waals surface area contributed by atoms with Crippen LogP contribution in [0, 0.1) is 0 Å². The van der Waals surface area contributed by atoms with Crippen LogP contribution in [-0.2, 0) is 16.2 Å². The molecule has 0 spiro atoms. The topological polar surface area (TPSA) is 29.5 Å². The highest BCUT2D eigenvalue weighted by molar-refractivity contribution is 7.00. The summed E-state index contributed by atoms with van der Waals surface area (Å²) in [7, 11) is 0. The second-order valence-electron chi connectivity index (χ2n) is 28.8. The third kappa shape index (κ3) is 8.98. The summed E-state index contributed by atoms with van der Waals surface area (Å²) < 4.78 is 132. The molecule has 0 fully saturated rings. The minimum absolute atomic E-state index is 0.0271. The van der Waals surface area contributed by atoms with Crippen molar-refractivity contribution in [3.8, 4) is 44.8 Å². The van der Waals surface area contributed by atoms with E-state index in [0.29, 0.717) is 39.5 Å². The molecule has 0 bridgehead atoms. The zero-order valence-corrected chi connectivity index (χ0v) is 54.8. The molecule has 2 aliphatic rings. The molecule has 5 heterocycles. The molecule has 0 aliphatic carbocycles. The Hall–Kier alpha value is -11.1. The van der Waals surface area contributed by atoms with Gasteiger partial charge in [0.05, 0.1) is 51.3 Å². The van der Waals surface area contributed by atoms with E-state index >= 15 is 0 Å². The molecule has 13 aromatic carbocycles. The number of nitrogens with zero attached hydrogens (tertiary/aromatic N) is 4. The lowest BCUT2D eigenvalue weighted by Crippen LogP contribution is -2.61. The molecular formula is C90H73BN4O. The fourth-order valence-electron chi connectivity index (χ4n) is 15.0. The summed E-state index contributed by atoms with van der Waals surface area (Å²) in [4.78, 5) is 4.50. The molecule has 16 aromatic rings. The largest absolute Gasteiger partial charge is 0.452 e. The fraction of sp³-hybridized carbons (Fsp3) is 0.133. The zero-order chi connectivity index (χ0) is 76.4. The minimum atomic E-state index is -0.646. The Balaban J connectivity index is 0.982. The van der Waals surface area contributed by atoms with E-state index in [1.807, 2.05) is 78.9 Å². The molecule has 0 saturated carbocycles. The molecule has 3 aromatic heterocycles. The average Bonchev–Trinajstić information content (AvgIpc) is 1.50. The van der Waals surface area contributed by atoms with Gasteiger partial charge in [-0.05, 0) is 180 Å². The molecule has 18 rings (SSSR count). The maximum absolute atomic E-state index is 9.72. The number of rotatable bonds is 7. The monoisotopic (exact) mass is 1250 g/mol. The van der Waals surface area contributed by atoms with Gasteiger partial charge in [0.25, 0.3) is 6.71 Å². The first kappa shape index (κ1) is 45.3. The summed E-state index contributed by atoms with van der Waals surface area (Å²) in [5, 5.41) is 3.84. The van der Waals surface area contributed by atoms with Crippen LogP contribution in [0.4, 0.5) is 34.1 Å². The van der Waals surface area contributed by atoms with E-state index in [9.17, 15) is 11.0 Å². The Morgan fingerprint density at radius 2 is 0.812 bits per heavy atom. The van der Waals surface area contributed by atoms with Crippen molar-refractivity contribution in [1.82, 2.24) is 9.13 Å². The molecule has 6 heteroatoms. The van der Waals surface area contributed by atoms with Crippen LogP contribution in [0.3, 0.4) is 0 Å². The summed E-state index contributed by atoms with van der Waals surface area (Å²) in [5.41, 5.74) is 17.9. The number of aromatic nitrogens is 2. The van der Waals surface area contributed by atoms with E-state index in [-0.39, 0.29) is 50.3 Å². The molecule has 5 nitrogen and oxygen atoms in total. The number of benzene rings is 13. The molecule has 0 atom stereocenters. The van der Waals surface area contributed by atoms with Crippen molar-refractivity contribution >= 4 is 123 Å². The van der Waals surface area contributed by atoms with Gasteiger partial charge in [-0.2, -0.15) is 0 Å². The zero-order valence-electron chi connectivity index (χ0n) is 67.8. The fourth-order valence-corrected chi connectivity index (χ4v) is 15.0. The minimum Gasteiger partial charge on any atom is -0.452 e. The first-order valence-corrected chi connectivity index (χ1v) is 32.9. The normalized spacial score (nSPS) is 15.1. The van der Waals surface area contributed by atoms with Gasteiger partial charge in [-0.3, -0.25) is 0 Å². The van der Waals surface area contributed by atoms with E-state index in [1.165, 1.54) is 11.1 Å². The van der Waals surface area contributed by atoms with Gasteiger partial charge < -0.3 is 23.4 Å². The Labute approximate surface area is 580 Å². The van der Waals surface area contributed by atoms with Crippen LogP contribution < -0.4 is 26.2 Å². The van der Waals surface area contributed by atoms with Gasteiger partial charge in [0.1, 0.15) is 0 Å². The summed E-state index contributed by atoms with van der Waals surface area (Å²) >= 11 is 0. The van der Waals surface area contributed by atoms with Gasteiger partial charge in [-0.25, -0.2) is 0 Å². The van der Waals surface area contributed by atoms with Crippen molar-refractivity contribution < 1.29 is 22.2 Å². The number of hydrogen-bond acceptors (Lipinski definition) is 3. The lowest BCUT2D eigenvalue weighted by Gasteiger charge is -2.45. The Morgan fingerprint density at radius 3 is 1.39 bits per heavy atom. The van der Waals surface area contributed by atoms with Crippen LogP contribution in [0.5, 0.6) is 0 Å². The first-order chi connectivity index (χ1) is 51.9. The van der Waals surface area contributed by atoms with Crippen LogP contribution in [-0.4, -0.2) is 15.8 Å². The second kappa shape index (κ2) is 21.2. The van der Waals surface area contributed by atoms with Crippen LogP contribution >= 0.6 is 0 Å². The maximum Gasteiger partial charge on any atom is 0.252 e. The Kier molecular flexibility index (Phi) is 10.0. The van der Waals surface area contributed by atoms with Crippen molar-refractivity contribution in [2.24, 2.45) is 0 Å². The highest BCUT2D eigenvalue weighted by atomic mass is 16.3. The van der Waals surface area contributed by atoms with Gasteiger partial charge in [-0.1, -0.05) is 244 Å². The number of anilines is 6. The Morgan fingerprint density at radius 1 is 0.302 bits per heavy atom. The van der Waals surface area contributed by atoms with Crippen molar-refractivity contribution in [3.05, 3.63) is 295 Å². The second-order valence-corrected chi connectivity index (χ2v) is 28.8. The quantitative estimate of drug-likeness (QED) is 0.149. The van der Waals surface area contributed by atoms with E-state index in [0.717, 1.165) is 99.5 Å². The van der Waals surface area contributed by atoms with Crippen molar-refractivity contribution in [3.63, 3.8) is 0 Å². The standard InChI is InChI=1S/C90H73BN4O/c1-88(2,3)62-40-45-77-71(51-62)72-52-63(89(4,5)6)41-46-78(72)94(77)79-37-23-33-69-70-34-24-38-80(87(70)96-86(69)79)95-82-55-65(92-75-35-21-19-31-67(75)68-32-20-22-36-76(68)92)42-44-74(82)91-73-43-39-59(56-25-13-10-14-26-56)50-81(73)93(83-53-64(90(7,8)9)54-84(95)85(83)91)66-48-60(57-27-15-11-16-28-57)47-61(49-66)58-29-17-12-18-30-58/h10-55H,1-9H3/i10D,13D,14D,19D,20D,21D,22D,25D,26D,31D,32D,35D,36D. The third-order valence-corrected chi connectivity index (χ3v) is 19.9. The lowest BCUT2D eigenvalue weighted by atomic mass is 9.33. The molecule has 2 aliphatic heterocycles. The first-order valence-electron chi connectivity index (χ1n) is 39.4. The molecule has 0 N–H and O–H groups in total. The summed E-state index contributed by atoms with van der Waals surface area (Å²) in [5.74, 6) is 0. The molecule has 462 valence electrons. The number of fused-ring (bicyclic) bond motifs is 13. The number of hydrogen-bond donors (Lipinski definition) is 0. The van der Waals surface area contributed by atoms with Crippen molar-refractivity contribution in [1.29, 1.82) is 0 Å². The number of furan rings is 1. The highest BCUT2D eigenvalue weighted by Crippen LogP contribution is 2.52. The summed E-state index contributed by atoms with van der Waals surface area (Å²) in [6.07, 6.45) is 0. The third-order valence-electron chi connectivity index (χ3n) is 19.9. The SMILES string of the molecule is [2H]c1c([2H])c([2H])c(-c2ccc3c(c2)N(c2cc(-c4ccccc4)cc(-c4ccccc4)c2)c2cc(C(C)(C)C)cc4c2B3c2ccc(-n3c5c([2H])c([2H])c([2H])c([2H])c5c5c([2H])c([2H])c([2H])c([2H])c53)cc2N4c2cccc3c2oc2c(-n4c5ccc(C(C)(C)C)cc5c5cc(C(C)(C)C)ccc54)cccc23)c([2H])c1[2H]. The van der Waals surface area contributed by atoms with Crippen LogP contribution in [0.25, 0.3) is 110 Å². The molecule has 0 saturated heterocycles. The van der Waals surface area contributed by atoms with E-state index in [4.69, 9.17) is 11.3 Å². The Bertz CT molecular complexity index is 6450. The van der Waals surface area contributed by atoms with E-state index in [2.05, 4.69) is 198 Å². The molecule has 0 unspecified atom stereocenters. The van der Waals surface area contributed by atoms with E-state index < -0.39 is 78.6 Å². The van der Waals surface area contributed by atoms with Gasteiger partial charge in [0.2, 0.25) is 0 Å². The average molecular weight is 1250 g/mol. The van der Waals surface area contributed by atoms with Crippen LogP contribution in [0.2, 0.25) is 0 Å². The molecule has 0 radical (unpaired) electrons.